The summed E-state index contributed by atoms with van der Waals surface area (Å²) < 4.78 is 1.81. The maximum Gasteiger partial charge on any atom is 0.224 e. The van der Waals surface area contributed by atoms with E-state index >= 15 is 0 Å². The van der Waals surface area contributed by atoms with Gasteiger partial charge in [-0.05, 0) is 24.6 Å². The zero-order valence-electron chi connectivity index (χ0n) is 13.4. The lowest BCUT2D eigenvalue weighted by molar-refractivity contribution is -0.131. The number of pyridine rings is 1. The molecule has 0 fully saturated rings. The summed E-state index contributed by atoms with van der Waals surface area (Å²) in [5, 5.41) is 5.28. The van der Waals surface area contributed by atoms with Crippen LogP contribution < -0.4 is 0 Å². The molecule has 0 N–H and O–H groups in total. The van der Waals surface area contributed by atoms with Crippen LogP contribution in [0.4, 0.5) is 0 Å². The third kappa shape index (κ3) is 3.39. The topological polar surface area (TPSA) is 51.0 Å². The minimum Gasteiger partial charge on any atom is -0.341 e. The Morgan fingerprint density at radius 3 is 2.83 bits per heavy atom. The van der Waals surface area contributed by atoms with Crippen molar-refractivity contribution in [2.75, 3.05) is 7.05 Å². The first-order valence-electron chi connectivity index (χ1n) is 7.71. The molecule has 0 aliphatic carbocycles. The third-order valence-corrected chi connectivity index (χ3v) is 4.00. The Labute approximate surface area is 135 Å². The van der Waals surface area contributed by atoms with Crippen molar-refractivity contribution in [1.82, 2.24) is 19.7 Å². The quantitative estimate of drug-likeness (QED) is 0.728. The van der Waals surface area contributed by atoms with Crippen molar-refractivity contribution in [2.24, 2.45) is 0 Å². The van der Waals surface area contributed by atoms with E-state index in [0.29, 0.717) is 13.0 Å². The molecule has 2 heterocycles. The fraction of sp³-hybridized carbons (Fsp3) is 0.278. The van der Waals surface area contributed by atoms with Gasteiger partial charge in [-0.15, -0.1) is 0 Å². The number of benzene rings is 1. The van der Waals surface area contributed by atoms with Gasteiger partial charge in [-0.1, -0.05) is 24.3 Å². The second-order valence-electron chi connectivity index (χ2n) is 5.78. The first-order chi connectivity index (χ1) is 11.1. The molecule has 1 aromatic carbocycles. The number of carbonyl (C=O) groups excluding carboxylic acids is 1. The molecule has 5 nitrogen and oxygen atoms in total. The van der Waals surface area contributed by atoms with Gasteiger partial charge in [-0.3, -0.25) is 14.5 Å². The van der Waals surface area contributed by atoms with Crippen molar-refractivity contribution in [3.63, 3.8) is 0 Å². The number of nitrogens with zero attached hydrogens (tertiary/aromatic N) is 4. The van der Waals surface area contributed by atoms with Crippen LogP contribution in [0.5, 0.6) is 0 Å². The van der Waals surface area contributed by atoms with E-state index in [4.69, 9.17) is 0 Å². The summed E-state index contributed by atoms with van der Waals surface area (Å²) in [4.78, 5) is 18.6. The first kappa shape index (κ1) is 15.2. The van der Waals surface area contributed by atoms with Crippen molar-refractivity contribution < 1.29 is 4.79 Å². The lowest BCUT2D eigenvalue weighted by Gasteiger charge is -2.20. The van der Waals surface area contributed by atoms with E-state index in [1.54, 1.807) is 17.3 Å². The first-order valence-corrected chi connectivity index (χ1v) is 7.71. The van der Waals surface area contributed by atoms with E-state index in [0.717, 1.165) is 16.5 Å². The normalized spacial score (nSPS) is 12.3. The summed E-state index contributed by atoms with van der Waals surface area (Å²) in [5.74, 6) is 0.0981. The molecule has 3 aromatic rings. The predicted octanol–water partition coefficient (Wildman–Crippen LogP) is 3.04. The molecular weight excluding hydrogens is 288 g/mol. The summed E-state index contributed by atoms with van der Waals surface area (Å²) in [7, 11) is 1.83. The second-order valence-corrected chi connectivity index (χ2v) is 5.78. The summed E-state index contributed by atoms with van der Waals surface area (Å²) in [6.07, 6.45) is 5.82. The number of hydrogen-bond donors (Lipinski definition) is 0. The van der Waals surface area contributed by atoms with Crippen LogP contribution in [-0.2, 0) is 11.3 Å². The van der Waals surface area contributed by atoms with Gasteiger partial charge in [0.15, 0.2) is 0 Å². The number of carbonyl (C=O) groups is 1. The van der Waals surface area contributed by atoms with E-state index in [-0.39, 0.29) is 11.9 Å². The van der Waals surface area contributed by atoms with Crippen LogP contribution in [0.15, 0.2) is 55.0 Å². The molecule has 3 rings (SSSR count). The van der Waals surface area contributed by atoms with Crippen molar-refractivity contribution in [3.8, 4) is 0 Å². The summed E-state index contributed by atoms with van der Waals surface area (Å²) >= 11 is 0. The monoisotopic (exact) mass is 308 g/mol. The molecule has 0 aliphatic heterocycles. The van der Waals surface area contributed by atoms with Crippen LogP contribution in [0.3, 0.4) is 0 Å². The summed E-state index contributed by atoms with van der Waals surface area (Å²) in [5.41, 5.74) is 2.01. The number of hydrogen-bond acceptors (Lipinski definition) is 3. The van der Waals surface area contributed by atoms with Crippen LogP contribution in [0.1, 0.15) is 24.9 Å². The van der Waals surface area contributed by atoms with Crippen LogP contribution in [0, 0.1) is 0 Å². The van der Waals surface area contributed by atoms with E-state index in [9.17, 15) is 4.79 Å². The van der Waals surface area contributed by atoms with Gasteiger partial charge in [0.25, 0.3) is 0 Å². The molecule has 0 saturated carbocycles. The number of aromatic nitrogens is 3. The van der Waals surface area contributed by atoms with Crippen molar-refractivity contribution >= 4 is 16.8 Å². The van der Waals surface area contributed by atoms with E-state index in [1.807, 2.05) is 61.2 Å². The highest BCUT2D eigenvalue weighted by molar-refractivity contribution is 5.82. The van der Waals surface area contributed by atoms with Gasteiger partial charge in [0.05, 0.1) is 11.6 Å². The lowest BCUT2D eigenvalue weighted by atomic mass is 10.1. The average molecular weight is 308 g/mol. The molecule has 2 aromatic heterocycles. The van der Waals surface area contributed by atoms with Crippen molar-refractivity contribution in [1.29, 1.82) is 0 Å². The molecule has 1 unspecified atom stereocenters. The van der Waals surface area contributed by atoms with Crippen LogP contribution >= 0.6 is 0 Å². The van der Waals surface area contributed by atoms with Crippen LogP contribution in [0.2, 0.25) is 0 Å². The molecule has 5 heteroatoms. The molecule has 0 spiro atoms. The maximum atomic E-state index is 12.5. The zero-order valence-corrected chi connectivity index (χ0v) is 13.4. The van der Waals surface area contributed by atoms with Crippen LogP contribution in [0.25, 0.3) is 10.9 Å². The van der Waals surface area contributed by atoms with Gasteiger partial charge in [0.1, 0.15) is 0 Å². The molecule has 1 amide bonds. The Bertz CT molecular complexity index is 792. The number of para-hydroxylation sites is 1. The van der Waals surface area contributed by atoms with Gasteiger partial charge in [-0.25, -0.2) is 0 Å². The van der Waals surface area contributed by atoms with Gasteiger partial charge in [0.2, 0.25) is 5.91 Å². The molecule has 0 aliphatic rings. The molecular formula is C18H20N4O. The number of amides is 1. The summed E-state index contributed by atoms with van der Waals surface area (Å²) in [6, 6.07) is 11.9. The standard InChI is InChI=1S/C18H20N4O/c1-14(22-11-5-10-20-22)12-17(23)21(2)13-16-7-3-6-15-8-4-9-19-18(15)16/h3-11,14H,12-13H2,1-2H3. The predicted molar refractivity (Wildman–Crippen MR) is 89.8 cm³/mol. The SMILES string of the molecule is CC(CC(=O)N(C)Cc1cccc2cccnc12)n1cccn1. The third-order valence-electron chi connectivity index (χ3n) is 4.00. The minimum atomic E-state index is 0.0468. The largest absolute Gasteiger partial charge is 0.341 e. The van der Waals surface area contributed by atoms with Gasteiger partial charge in [-0.2, -0.15) is 5.10 Å². The van der Waals surface area contributed by atoms with Crippen molar-refractivity contribution in [3.05, 3.63) is 60.6 Å². The molecule has 0 radical (unpaired) electrons. The van der Waals surface area contributed by atoms with Crippen molar-refractivity contribution in [2.45, 2.75) is 25.9 Å². The molecule has 0 saturated heterocycles. The Kier molecular flexibility index (Phi) is 4.37. The molecule has 23 heavy (non-hydrogen) atoms. The fourth-order valence-corrected chi connectivity index (χ4v) is 2.68. The maximum absolute atomic E-state index is 12.5. The van der Waals surface area contributed by atoms with E-state index < -0.39 is 0 Å². The average Bonchev–Trinajstić information content (AvgIpc) is 3.09. The highest BCUT2D eigenvalue weighted by Gasteiger charge is 2.16. The smallest absolute Gasteiger partial charge is 0.224 e. The zero-order chi connectivity index (χ0) is 16.2. The molecule has 0 bridgehead atoms. The highest BCUT2D eigenvalue weighted by atomic mass is 16.2. The molecule has 1 atom stereocenters. The van der Waals surface area contributed by atoms with E-state index in [1.165, 1.54) is 0 Å². The van der Waals surface area contributed by atoms with E-state index in [2.05, 4.69) is 10.1 Å². The molecule has 118 valence electrons. The Morgan fingerprint density at radius 2 is 2.04 bits per heavy atom. The lowest BCUT2D eigenvalue weighted by Crippen LogP contribution is -2.28. The van der Waals surface area contributed by atoms with Gasteiger partial charge < -0.3 is 4.90 Å². The number of rotatable bonds is 5. The second kappa shape index (κ2) is 6.60. The van der Waals surface area contributed by atoms with Crippen LogP contribution in [-0.4, -0.2) is 32.6 Å². The Morgan fingerprint density at radius 1 is 1.22 bits per heavy atom. The Hall–Kier alpha value is -2.69. The van der Waals surface area contributed by atoms with Gasteiger partial charge in [0, 0.05) is 44.0 Å². The summed E-state index contributed by atoms with van der Waals surface area (Å²) in [6.45, 7) is 2.55. The fourth-order valence-electron chi connectivity index (χ4n) is 2.68. The minimum absolute atomic E-state index is 0.0468. The Balaban J connectivity index is 1.70. The highest BCUT2D eigenvalue weighted by Crippen LogP contribution is 2.18. The number of fused-ring (bicyclic) bond motifs is 1. The van der Waals surface area contributed by atoms with Gasteiger partial charge >= 0.3 is 0 Å².